The number of anilines is 1. The summed E-state index contributed by atoms with van der Waals surface area (Å²) in [5.41, 5.74) is 5.92. The number of nitriles is 1. The number of aromatic nitrogens is 1. The van der Waals surface area contributed by atoms with E-state index in [4.69, 9.17) is 0 Å². The zero-order chi connectivity index (χ0) is 18.7. The summed E-state index contributed by atoms with van der Waals surface area (Å²) in [6.45, 7) is 6.70. The predicted octanol–water partition coefficient (Wildman–Crippen LogP) is 4.34. The van der Waals surface area contributed by atoms with Crippen molar-refractivity contribution in [1.29, 1.82) is 5.26 Å². The number of benzene rings is 1. The molecule has 4 nitrogen and oxygen atoms in total. The molecular weight excluding hydrogens is 342 g/mol. The number of carbonyl (C=O) groups is 1. The fourth-order valence-corrected chi connectivity index (χ4v) is 4.32. The highest BCUT2D eigenvalue weighted by Gasteiger charge is 2.22. The van der Waals surface area contributed by atoms with E-state index in [1.807, 2.05) is 43.9 Å². The molecule has 0 saturated heterocycles. The molecule has 0 bridgehead atoms. The molecule has 134 valence electrons. The third-order valence-corrected chi connectivity index (χ3v) is 6.02. The number of amides is 1. The van der Waals surface area contributed by atoms with Crippen LogP contribution in [0.3, 0.4) is 0 Å². The summed E-state index contributed by atoms with van der Waals surface area (Å²) in [6.07, 6.45) is 2.48. The van der Waals surface area contributed by atoms with Gasteiger partial charge in [0.2, 0.25) is 5.91 Å². The molecule has 1 aliphatic rings. The molecule has 0 radical (unpaired) electrons. The molecule has 1 aromatic carbocycles. The Hall–Kier alpha value is -2.32. The van der Waals surface area contributed by atoms with Crippen LogP contribution >= 0.6 is 11.8 Å². The number of nitrogens with zero attached hydrogens (tertiary/aromatic N) is 3. The third kappa shape index (κ3) is 3.61. The van der Waals surface area contributed by atoms with E-state index in [0.29, 0.717) is 17.7 Å². The van der Waals surface area contributed by atoms with Gasteiger partial charge in [-0.3, -0.25) is 4.79 Å². The van der Waals surface area contributed by atoms with Crippen LogP contribution in [0, 0.1) is 32.1 Å². The molecule has 0 atom stereocenters. The maximum Gasteiger partial charge on any atom is 0.227 e. The zero-order valence-corrected chi connectivity index (χ0v) is 16.3. The van der Waals surface area contributed by atoms with Gasteiger partial charge in [0.25, 0.3) is 0 Å². The maximum atomic E-state index is 12.7. The van der Waals surface area contributed by atoms with Crippen molar-refractivity contribution in [3.63, 3.8) is 0 Å². The Morgan fingerprint density at radius 2 is 2.04 bits per heavy atom. The summed E-state index contributed by atoms with van der Waals surface area (Å²) in [4.78, 5) is 19.2. The van der Waals surface area contributed by atoms with E-state index in [9.17, 15) is 10.1 Å². The molecule has 1 aliphatic heterocycles. The van der Waals surface area contributed by atoms with E-state index in [2.05, 4.69) is 17.1 Å². The average Bonchev–Trinajstić information content (AvgIpc) is 2.66. The van der Waals surface area contributed by atoms with Gasteiger partial charge in [-0.25, -0.2) is 4.98 Å². The van der Waals surface area contributed by atoms with Crippen LogP contribution in [0.1, 0.15) is 40.8 Å². The highest BCUT2D eigenvalue weighted by Crippen LogP contribution is 2.29. The summed E-state index contributed by atoms with van der Waals surface area (Å²) < 4.78 is 0. The van der Waals surface area contributed by atoms with Crippen LogP contribution in [0.2, 0.25) is 0 Å². The van der Waals surface area contributed by atoms with Crippen molar-refractivity contribution in [2.75, 3.05) is 17.2 Å². The lowest BCUT2D eigenvalue weighted by molar-refractivity contribution is -0.118. The molecule has 0 fully saturated rings. The lowest BCUT2D eigenvalue weighted by Gasteiger charge is -2.29. The minimum atomic E-state index is 0.142. The van der Waals surface area contributed by atoms with Gasteiger partial charge in [-0.05, 0) is 56.4 Å². The lowest BCUT2D eigenvalue weighted by Crippen LogP contribution is -2.35. The minimum absolute atomic E-state index is 0.142. The summed E-state index contributed by atoms with van der Waals surface area (Å²) >= 11 is 1.50. The standard InChI is InChI=1S/C21H23N3OS/c1-14-15(2)18(13-22)21(23-16(14)3)26-12-10-20(25)24-11-6-8-17-7-4-5-9-19(17)24/h4-5,7,9H,6,8,10-12H2,1-3H3. The fourth-order valence-electron chi connectivity index (χ4n) is 3.31. The van der Waals surface area contributed by atoms with Crippen molar-refractivity contribution < 1.29 is 4.79 Å². The van der Waals surface area contributed by atoms with Gasteiger partial charge in [0.05, 0.1) is 5.56 Å². The Labute approximate surface area is 159 Å². The van der Waals surface area contributed by atoms with E-state index in [1.165, 1.54) is 17.3 Å². The highest BCUT2D eigenvalue weighted by molar-refractivity contribution is 7.99. The molecule has 0 N–H and O–H groups in total. The summed E-state index contributed by atoms with van der Waals surface area (Å²) in [5, 5.41) is 10.2. The first kappa shape index (κ1) is 18.5. The first-order valence-electron chi connectivity index (χ1n) is 8.92. The van der Waals surface area contributed by atoms with Gasteiger partial charge < -0.3 is 4.90 Å². The van der Waals surface area contributed by atoms with Crippen LogP contribution < -0.4 is 4.90 Å². The van der Waals surface area contributed by atoms with E-state index in [1.54, 1.807) is 0 Å². The number of rotatable bonds is 4. The van der Waals surface area contributed by atoms with E-state index < -0.39 is 0 Å². The highest BCUT2D eigenvalue weighted by atomic mass is 32.2. The molecule has 0 unspecified atom stereocenters. The van der Waals surface area contributed by atoms with Crippen LogP contribution in [0.5, 0.6) is 0 Å². The van der Waals surface area contributed by atoms with E-state index in [0.717, 1.165) is 46.9 Å². The van der Waals surface area contributed by atoms with Crippen LogP contribution in [-0.4, -0.2) is 23.2 Å². The molecule has 26 heavy (non-hydrogen) atoms. The van der Waals surface area contributed by atoms with Crippen molar-refractivity contribution in [1.82, 2.24) is 4.98 Å². The summed E-state index contributed by atoms with van der Waals surface area (Å²) in [7, 11) is 0. The molecule has 2 aromatic rings. The van der Waals surface area contributed by atoms with Crippen molar-refractivity contribution in [2.24, 2.45) is 0 Å². The van der Waals surface area contributed by atoms with Gasteiger partial charge in [0.15, 0.2) is 0 Å². The van der Waals surface area contributed by atoms with Crippen LogP contribution in [-0.2, 0) is 11.2 Å². The molecular formula is C21H23N3OS. The molecule has 0 aliphatic carbocycles. The second-order valence-corrected chi connectivity index (χ2v) is 7.70. The second-order valence-electron chi connectivity index (χ2n) is 6.62. The van der Waals surface area contributed by atoms with Crippen LogP contribution in [0.25, 0.3) is 0 Å². The molecule has 2 heterocycles. The number of carbonyl (C=O) groups excluding carboxylic acids is 1. The van der Waals surface area contributed by atoms with Gasteiger partial charge in [0, 0.05) is 30.1 Å². The van der Waals surface area contributed by atoms with Crippen molar-refractivity contribution >= 4 is 23.4 Å². The topological polar surface area (TPSA) is 57.0 Å². The van der Waals surface area contributed by atoms with E-state index >= 15 is 0 Å². The van der Waals surface area contributed by atoms with Gasteiger partial charge in [-0.1, -0.05) is 18.2 Å². The Morgan fingerprint density at radius 1 is 1.27 bits per heavy atom. The minimum Gasteiger partial charge on any atom is -0.312 e. The Bertz CT molecular complexity index is 886. The summed E-state index contributed by atoms with van der Waals surface area (Å²) in [5.74, 6) is 0.768. The van der Waals surface area contributed by atoms with Crippen molar-refractivity contribution in [3.8, 4) is 6.07 Å². The largest absolute Gasteiger partial charge is 0.312 e. The number of hydrogen-bond acceptors (Lipinski definition) is 4. The fraction of sp³-hybridized carbons (Fsp3) is 0.381. The molecule has 0 spiro atoms. The first-order valence-corrected chi connectivity index (χ1v) is 9.90. The number of fused-ring (bicyclic) bond motifs is 1. The maximum absolute atomic E-state index is 12.7. The number of aryl methyl sites for hydroxylation is 2. The Morgan fingerprint density at radius 3 is 2.81 bits per heavy atom. The number of thioether (sulfide) groups is 1. The quantitative estimate of drug-likeness (QED) is 0.756. The third-order valence-electron chi connectivity index (χ3n) is 5.04. The van der Waals surface area contributed by atoms with Crippen molar-refractivity contribution in [2.45, 2.75) is 45.1 Å². The van der Waals surface area contributed by atoms with Gasteiger partial charge in [0.1, 0.15) is 11.1 Å². The van der Waals surface area contributed by atoms with Gasteiger partial charge in [-0.2, -0.15) is 5.26 Å². The van der Waals surface area contributed by atoms with Crippen LogP contribution in [0.15, 0.2) is 29.3 Å². The Kier molecular flexibility index (Phi) is 5.63. The zero-order valence-electron chi connectivity index (χ0n) is 15.5. The number of pyridine rings is 1. The molecule has 5 heteroatoms. The molecule has 3 rings (SSSR count). The van der Waals surface area contributed by atoms with Crippen LogP contribution in [0.4, 0.5) is 5.69 Å². The molecule has 1 amide bonds. The van der Waals surface area contributed by atoms with Crippen molar-refractivity contribution in [3.05, 3.63) is 52.2 Å². The normalized spacial score (nSPS) is 13.2. The van der Waals surface area contributed by atoms with Gasteiger partial charge >= 0.3 is 0 Å². The lowest BCUT2D eigenvalue weighted by atomic mass is 10.0. The summed E-state index contributed by atoms with van der Waals surface area (Å²) in [6, 6.07) is 10.4. The monoisotopic (exact) mass is 365 g/mol. The second kappa shape index (κ2) is 7.92. The average molecular weight is 366 g/mol. The number of hydrogen-bond donors (Lipinski definition) is 0. The Balaban J connectivity index is 1.68. The first-order chi connectivity index (χ1) is 12.5. The molecule has 0 saturated carbocycles. The SMILES string of the molecule is Cc1nc(SCCC(=O)N2CCCc3ccccc32)c(C#N)c(C)c1C. The van der Waals surface area contributed by atoms with E-state index in [-0.39, 0.29) is 5.91 Å². The molecule has 1 aromatic heterocycles. The smallest absolute Gasteiger partial charge is 0.227 e. The van der Waals surface area contributed by atoms with Gasteiger partial charge in [-0.15, -0.1) is 11.8 Å². The predicted molar refractivity (Wildman–Crippen MR) is 106 cm³/mol. The number of para-hydroxylation sites is 1.